The molecule has 0 radical (unpaired) electrons. The zero-order valence-electron chi connectivity index (χ0n) is 16.3. The maximum atomic E-state index is 13.0. The Hall–Kier alpha value is -1.59. The van der Waals surface area contributed by atoms with Crippen molar-refractivity contribution in [3.8, 4) is 0 Å². The molecule has 0 aromatic heterocycles. The maximum absolute atomic E-state index is 13.0. The van der Waals surface area contributed by atoms with Gasteiger partial charge in [0.1, 0.15) is 12.1 Å². The van der Waals surface area contributed by atoms with Crippen molar-refractivity contribution in [2.75, 3.05) is 19.6 Å². The fraction of sp³-hybridized carbons (Fsp3) is 0.842. The van der Waals surface area contributed by atoms with E-state index in [0.717, 1.165) is 24.2 Å². The summed E-state index contributed by atoms with van der Waals surface area (Å²) < 4.78 is 0. The smallest absolute Gasteiger partial charge is 0.325 e. The van der Waals surface area contributed by atoms with E-state index in [1.165, 1.54) is 0 Å². The fourth-order valence-electron chi connectivity index (χ4n) is 4.03. The lowest BCUT2D eigenvalue weighted by atomic mass is 9.73. The van der Waals surface area contributed by atoms with Gasteiger partial charge in [0, 0.05) is 13.1 Å². The molecule has 0 unspecified atom stereocenters. The lowest BCUT2D eigenvalue weighted by Gasteiger charge is -2.37. The highest BCUT2D eigenvalue weighted by Gasteiger charge is 2.55. The van der Waals surface area contributed by atoms with E-state index in [4.69, 9.17) is 0 Å². The number of urea groups is 1. The van der Waals surface area contributed by atoms with Gasteiger partial charge in [0.15, 0.2) is 0 Å². The highest BCUT2D eigenvalue weighted by atomic mass is 16.2. The van der Waals surface area contributed by atoms with Crippen LogP contribution in [0.5, 0.6) is 0 Å². The molecular weight excluding hydrogens is 318 g/mol. The van der Waals surface area contributed by atoms with Crippen molar-refractivity contribution in [3.05, 3.63) is 0 Å². The Morgan fingerprint density at radius 2 is 1.80 bits per heavy atom. The Morgan fingerprint density at radius 1 is 1.20 bits per heavy atom. The van der Waals surface area contributed by atoms with Gasteiger partial charge in [-0.15, -0.1) is 0 Å². The number of nitrogens with zero attached hydrogens (tertiary/aromatic N) is 2. The molecule has 1 aliphatic carbocycles. The Kier molecular flexibility index (Phi) is 6.12. The molecular formula is C19H33N3O3. The first-order valence-corrected chi connectivity index (χ1v) is 9.59. The molecule has 1 aliphatic heterocycles. The van der Waals surface area contributed by atoms with Gasteiger partial charge in [-0.2, -0.15) is 0 Å². The monoisotopic (exact) mass is 351 g/mol. The third kappa shape index (κ3) is 4.15. The second kappa shape index (κ2) is 7.75. The normalized spacial score (nSPS) is 26.7. The average molecular weight is 351 g/mol. The summed E-state index contributed by atoms with van der Waals surface area (Å²) in [7, 11) is 0. The topological polar surface area (TPSA) is 69.7 Å². The standard InChI is InChI=1S/C19H33N3O3/c1-13(2)10-21(11-14(3)4)16(23)12-22-17(24)19(20-18(22)25)9-7-6-8-15(19)5/h13-15H,6-12H2,1-5H3,(H,20,25)/t15-,19+/m0/s1. The zero-order valence-corrected chi connectivity index (χ0v) is 16.3. The van der Waals surface area contributed by atoms with Crippen molar-refractivity contribution in [1.82, 2.24) is 15.1 Å². The summed E-state index contributed by atoms with van der Waals surface area (Å²) in [5.41, 5.74) is -0.795. The summed E-state index contributed by atoms with van der Waals surface area (Å²) in [6.07, 6.45) is 3.62. The van der Waals surface area contributed by atoms with Crippen LogP contribution in [0.1, 0.15) is 60.3 Å². The second-order valence-electron chi connectivity index (χ2n) is 8.53. The van der Waals surface area contributed by atoms with Gasteiger partial charge >= 0.3 is 6.03 Å². The first-order valence-electron chi connectivity index (χ1n) is 9.59. The minimum atomic E-state index is -0.795. The Bertz CT molecular complexity index is 522. The summed E-state index contributed by atoms with van der Waals surface area (Å²) in [5, 5.41) is 2.91. The number of amides is 4. The van der Waals surface area contributed by atoms with E-state index in [0.29, 0.717) is 31.3 Å². The first kappa shape index (κ1) is 19.7. The fourth-order valence-corrected chi connectivity index (χ4v) is 4.03. The quantitative estimate of drug-likeness (QED) is 0.748. The van der Waals surface area contributed by atoms with Crippen molar-refractivity contribution >= 4 is 17.8 Å². The molecule has 6 nitrogen and oxygen atoms in total. The Labute approximate surface area is 151 Å². The predicted molar refractivity (Wildman–Crippen MR) is 96.9 cm³/mol. The van der Waals surface area contributed by atoms with Crippen LogP contribution < -0.4 is 5.32 Å². The summed E-state index contributed by atoms with van der Waals surface area (Å²) >= 11 is 0. The van der Waals surface area contributed by atoms with Gasteiger partial charge in [-0.25, -0.2) is 4.79 Å². The zero-order chi connectivity index (χ0) is 18.8. The summed E-state index contributed by atoms with van der Waals surface area (Å²) in [4.78, 5) is 41.1. The molecule has 142 valence electrons. The van der Waals surface area contributed by atoms with Crippen LogP contribution in [0.25, 0.3) is 0 Å². The Morgan fingerprint density at radius 3 is 2.32 bits per heavy atom. The number of carbonyl (C=O) groups is 3. The molecule has 1 N–H and O–H groups in total. The van der Waals surface area contributed by atoms with E-state index in [1.54, 1.807) is 4.90 Å². The number of imide groups is 1. The molecule has 0 bridgehead atoms. The minimum Gasteiger partial charge on any atom is -0.341 e. The van der Waals surface area contributed by atoms with Crippen LogP contribution in [-0.4, -0.2) is 52.8 Å². The third-order valence-corrected chi connectivity index (χ3v) is 5.32. The molecule has 6 heteroatoms. The maximum Gasteiger partial charge on any atom is 0.325 e. The van der Waals surface area contributed by atoms with Crippen molar-refractivity contribution in [2.24, 2.45) is 17.8 Å². The van der Waals surface area contributed by atoms with E-state index in [1.807, 2.05) is 6.92 Å². The summed E-state index contributed by atoms with van der Waals surface area (Å²) in [6.45, 7) is 11.4. The van der Waals surface area contributed by atoms with Gasteiger partial charge in [-0.05, 0) is 30.6 Å². The van der Waals surface area contributed by atoms with Gasteiger partial charge in [-0.3, -0.25) is 14.5 Å². The van der Waals surface area contributed by atoms with E-state index in [2.05, 4.69) is 33.0 Å². The SMILES string of the molecule is CC(C)CN(CC(C)C)C(=O)CN1C(=O)N[C@@]2(CCCC[C@@H]2C)C1=O. The molecule has 0 aromatic rings. The van der Waals surface area contributed by atoms with Crippen molar-refractivity contribution in [1.29, 1.82) is 0 Å². The van der Waals surface area contributed by atoms with E-state index in [-0.39, 0.29) is 24.3 Å². The molecule has 2 rings (SSSR count). The first-order chi connectivity index (χ1) is 11.7. The number of hydrogen-bond donors (Lipinski definition) is 1. The van der Waals surface area contributed by atoms with Gasteiger partial charge in [0.05, 0.1) is 0 Å². The molecule has 4 amide bonds. The predicted octanol–water partition coefficient (Wildman–Crippen LogP) is 2.63. The molecule has 2 fully saturated rings. The molecule has 2 atom stereocenters. The molecule has 1 heterocycles. The van der Waals surface area contributed by atoms with Crippen LogP contribution >= 0.6 is 0 Å². The van der Waals surface area contributed by atoms with Crippen LogP contribution in [0.3, 0.4) is 0 Å². The van der Waals surface area contributed by atoms with Crippen LogP contribution in [0.15, 0.2) is 0 Å². The highest BCUT2D eigenvalue weighted by Crippen LogP contribution is 2.38. The molecule has 1 spiro atoms. The van der Waals surface area contributed by atoms with Crippen LogP contribution in [0.2, 0.25) is 0 Å². The lowest BCUT2D eigenvalue weighted by Crippen LogP contribution is -2.54. The Balaban J connectivity index is 2.11. The number of carbonyl (C=O) groups excluding carboxylic acids is 3. The number of rotatable bonds is 6. The number of nitrogens with one attached hydrogen (secondary N) is 1. The molecule has 1 saturated carbocycles. The second-order valence-corrected chi connectivity index (χ2v) is 8.53. The van der Waals surface area contributed by atoms with E-state index >= 15 is 0 Å². The van der Waals surface area contributed by atoms with Crippen molar-refractivity contribution in [2.45, 2.75) is 65.8 Å². The minimum absolute atomic E-state index is 0.111. The summed E-state index contributed by atoms with van der Waals surface area (Å²) in [5.74, 6) is 0.435. The van der Waals surface area contributed by atoms with Gasteiger partial charge < -0.3 is 10.2 Å². The molecule has 25 heavy (non-hydrogen) atoms. The summed E-state index contributed by atoms with van der Waals surface area (Å²) in [6, 6.07) is -0.416. The van der Waals surface area contributed by atoms with Crippen molar-refractivity contribution in [3.63, 3.8) is 0 Å². The molecule has 0 aromatic carbocycles. The molecule has 1 saturated heterocycles. The van der Waals surface area contributed by atoms with Crippen LogP contribution in [0, 0.1) is 17.8 Å². The largest absolute Gasteiger partial charge is 0.341 e. The van der Waals surface area contributed by atoms with Gasteiger partial charge in [0.2, 0.25) is 5.91 Å². The average Bonchev–Trinajstić information content (AvgIpc) is 2.74. The highest BCUT2D eigenvalue weighted by molar-refractivity contribution is 6.09. The third-order valence-electron chi connectivity index (χ3n) is 5.32. The van der Waals surface area contributed by atoms with Crippen LogP contribution in [0.4, 0.5) is 4.79 Å². The number of hydrogen-bond acceptors (Lipinski definition) is 3. The van der Waals surface area contributed by atoms with Crippen LogP contribution in [-0.2, 0) is 9.59 Å². The van der Waals surface area contributed by atoms with E-state index in [9.17, 15) is 14.4 Å². The van der Waals surface area contributed by atoms with Gasteiger partial charge in [0.25, 0.3) is 5.91 Å². The van der Waals surface area contributed by atoms with Crippen molar-refractivity contribution < 1.29 is 14.4 Å². The molecule has 2 aliphatic rings. The van der Waals surface area contributed by atoms with E-state index < -0.39 is 11.6 Å². The lowest BCUT2D eigenvalue weighted by molar-refractivity contribution is -0.141. The van der Waals surface area contributed by atoms with Gasteiger partial charge in [-0.1, -0.05) is 47.5 Å².